The Morgan fingerprint density at radius 2 is 2.32 bits per heavy atom. The number of rotatable bonds is 4. The van der Waals surface area contributed by atoms with E-state index in [2.05, 4.69) is 14.9 Å². The van der Waals surface area contributed by atoms with E-state index >= 15 is 0 Å². The molecule has 0 spiro atoms. The van der Waals surface area contributed by atoms with Crippen LogP contribution in [0.15, 0.2) is 30.6 Å². The molecule has 4 nitrogen and oxygen atoms in total. The molecule has 1 aliphatic heterocycles. The highest BCUT2D eigenvalue weighted by Gasteiger charge is 2.24. The highest BCUT2D eigenvalue weighted by atomic mass is 32.1. The smallest absolute Gasteiger partial charge is 0.142 e. The van der Waals surface area contributed by atoms with Crippen LogP contribution in [0.1, 0.15) is 17.7 Å². The maximum absolute atomic E-state index is 9.33. The van der Waals surface area contributed by atoms with Crippen LogP contribution in [0.2, 0.25) is 0 Å². The van der Waals surface area contributed by atoms with Crippen molar-refractivity contribution in [2.75, 3.05) is 13.2 Å². The number of aliphatic hydroxyl groups excluding tert-OH is 1. The summed E-state index contributed by atoms with van der Waals surface area (Å²) in [4.78, 5) is 12.3. The quantitative estimate of drug-likeness (QED) is 0.929. The summed E-state index contributed by atoms with van der Waals surface area (Å²) in [6, 6.07) is 6.19. The third-order valence-electron chi connectivity index (χ3n) is 3.51. The Morgan fingerprint density at radius 3 is 3.11 bits per heavy atom. The Morgan fingerprint density at radius 1 is 1.37 bits per heavy atom. The average molecular weight is 275 g/mol. The van der Waals surface area contributed by atoms with Gasteiger partial charge in [0, 0.05) is 29.9 Å². The van der Waals surface area contributed by atoms with Gasteiger partial charge in [-0.2, -0.15) is 0 Å². The van der Waals surface area contributed by atoms with Crippen LogP contribution in [-0.4, -0.2) is 39.2 Å². The van der Waals surface area contributed by atoms with E-state index in [1.807, 2.05) is 24.4 Å². The Balaban J connectivity index is 1.72. The summed E-state index contributed by atoms with van der Waals surface area (Å²) in [5, 5.41) is 10.3. The lowest BCUT2D eigenvalue weighted by Gasteiger charge is -2.21. The summed E-state index contributed by atoms with van der Waals surface area (Å²) < 4.78 is 0. The second-order valence-corrected chi connectivity index (χ2v) is 5.91. The van der Waals surface area contributed by atoms with Gasteiger partial charge in [0.15, 0.2) is 0 Å². The number of hydrogen-bond donors (Lipinski definition) is 1. The van der Waals surface area contributed by atoms with Crippen molar-refractivity contribution in [3.63, 3.8) is 0 Å². The van der Waals surface area contributed by atoms with Gasteiger partial charge in [0.05, 0.1) is 12.3 Å². The fourth-order valence-electron chi connectivity index (χ4n) is 2.50. The average Bonchev–Trinajstić information content (AvgIpc) is 3.09. The number of aromatic nitrogens is 2. The molecule has 100 valence electrons. The molecule has 3 heterocycles. The van der Waals surface area contributed by atoms with Crippen LogP contribution >= 0.6 is 11.3 Å². The second kappa shape index (κ2) is 5.77. The summed E-state index contributed by atoms with van der Waals surface area (Å²) in [6.45, 7) is 2.21. The van der Waals surface area contributed by atoms with Gasteiger partial charge in [-0.05, 0) is 31.5 Å². The first-order valence-electron chi connectivity index (χ1n) is 6.58. The molecule has 0 amide bonds. The highest BCUT2D eigenvalue weighted by molar-refractivity contribution is 7.14. The van der Waals surface area contributed by atoms with Crippen LogP contribution in [0.5, 0.6) is 0 Å². The van der Waals surface area contributed by atoms with Gasteiger partial charge < -0.3 is 5.11 Å². The van der Waals surface area contributed by atoms with Crippen molar-refractivity contribution >= 4 is 11.3 Å². The SMILES string of the molecule is OC[C@H]1CCCN1Cc1cnc(-c2ccccn2)s1. The number of nitrogens with zero attached hydrogens (tertiary/aromatic N) is 3. The van der Waals surface area contributed by atoms with E-state index < -0.39 is 0 Å². The zero-order valence-electron chi connectivity index (χ0n) is 10.7. The highest BCUT2D eigenvalue weighted by Crippen LogP contribution is 2.26. The number of pyridine rings is 1. The largest absolute Gasteiger partial charge is 0.395 e. The van der Waals surface area contributed by atoms with Gasteiger partial charge >= 0.3 is 0 Å². The van der Waals surface area contributed by atoms with Crippen LogP contribution in [-0.2, 0) is 6.54 Å². The van der Waals surface area contributed by atoms with Gasteiger partial charge in [-0.15, -0.1) is 11.3 Å². The minimum absolute atomic E-state index is 0.256. The molecule has 0 unspecified atom stereocenters. The van der Waals surface area contributed by atoms with Gasteiger partial charge in [0.25, 0.3) is 0 Å². The van der Waals surface area contributed by atoms with Gasteiger partial charge in [-0.1, -0.05) is 6.07 Å². The topological polar surface area (TPSA) is 49.2 Å². The number of likely N-dealkylation sites (tertiary alicyclic amines) is 1. The number of hydrogen-bond acceptors (Lipinski definition) is 5. The Labute approximate surface area is 116 Å². The fourth-order valence-corrected chi connectivity index (χ4v) is 3.41. The molecule has 0 aromatic carbocycles. The van der Waals surface area contributed by atoms with E-state index in [-0.39, 0.29) is 6.61 Å². The Hall–Kier alpha value is -1.30. The Bertz CT molecular complexity index is 528. The van der Waals surface area contributed by atoms with Crippen molar-refractivity contribution in [1.82, 2.24) is 14.9 Å². The standard InChI is InChI=1S/C14H17N3OS/c18-10-11-4-3-7-17(11)9-12-8-16-14(19-12)13-5-1-2-6-15-13/h1-2,5-6,8,11,18H,3-4,7,9-10H2/t11-/m1/s1. The lowest BCUT2D eigenvalue weighted by atomic mass is 10.2. The summed E-state index contributed by atoms with van der Waals surface area (Å²) in [5.74, 6) is 0. The summed E-state index contributed by atoms with van der Waals surface area (Å²) >= 11 is 1.69. The third kappa shape index (κ3) is 2.83. The molecule has 0 saturated carbocycles. The first-order chi connectivity index (χ1) is 9.36. The molecule has 0 bridgehead atoms. The molecule has 0 aliphatic carbocycles. The normalized spacial score (nSPS) is 19.9. The molecule has 2 aromatic heterocycles. The van der Waals surface area contributed by atoms with E-state index in [1.165, 1.54) is 11.3 Å². The maximum Gasteiger partial charge on any atom is 0.142 e. The van der Waals surface area contributed by atoms with Crippen molar-refractivity contribution in [1.29, 1.82) is 0 Å². The lowest BCUT2D eigenvalue weighted by Crippen LogP contribution is -2.31. The first-order valence-corrected chi connectivity index (χ1v) is 7.39. The van der Waals surface area contributed by atoms with Crippen molar-refractivity contribution in [3.8, 4) is 10.7 Å². The van der Waals surface area contributed by atoms with Crippen molar-refractivity contribution in [2.24, 2.45) is 0 Å². The second-order valence-electron chi connectivity index (χ2n) is 4.80. The van der Waals surface area contributed by atoms with Crippen molar-refractivity contribution in [3.05, 3.63) is 35.5 Å². The molecule has 2 aromatic rings. The van der Waals surface area contributed by atoms with E-state index in [0.29, 0.717) is 6.04 Å². The maximum atomic E-state index is 9.33. The van der Waals surface area contributed by atoms with Crippen LogP contribution in [0.4, 0.5) is 0 Å². The van der Waals surface area contributed by atoms with Crippen LogP contribution in [0, 0.1) is 0 Å². The third-order valence-corrected chi connectivity index (χ3v) is 4.51. The molecular formula is C14H17N3OS. The fraction of sp³-hybridized carbons (Fsp3) is 0.429. The van der Waals surface area contributed by atoms with Crippen LogP contribution < -0.4 is 0 Å². The van der Waals surface area contributed by atoms with E-state index in [4.69, 9.17) is 0 Å². The van der Waals surface area contributed by atoms with Gasteiger partial charge in [-0.25, -0.2) is 4.98 Å². The van der Waals surface area contributed by atoms with Crippen molar-refractivity contribution < 1.29 is 5.11 Å². The van der Waals surface area contributed by atoms with Gasteiger partial charge in [0.1, 0.15) is 5.01 Å². The van der Waals surface area contributed by atoms with E-state index in [9.17, 15) is 5.11 Å². The molecule has 0 radical (unpaired) electrons. The van der Waals surface area contributed by atoms with Crippen molar-refractivity contribution in [2.45, 2.75) is 25.4 Å². The monoisotopic (exact) mass is 275 g/mol. The number of aliphatic hydroxyl groups is 1. The van der Waals surface area contributed by atoms with Gasteiger partial charge in [-0.3, -0.25) is 9.88 Å². The molecule has 1 N–H and O–H groups in total. The van der Waals surface area contributed by atoms with Gasteiger partial charge in [0.2, 0.25) is 0 Å². The minimum Gasteiger partial charge on any atom is -0.395 e. The molecule has 5 heteroatoms. The van der Waals surface area contributed by atoms with Crippen LogP contribution in [0.25, 0.3) is 10.7 Å². The van der Waals surface area contributed by atoms with E-state index in [1.54, 1.807) is 17.5 Å². The lowest BCUT2D eigenvalue weighted by molar-refractivity contribution is 0.154. The molecule has 1 atom stereocenters. The summed E-state index contributed by atoms with van der Waals surface area (Å²) in [6.07, 6.45) is 6.00. The minimum atomic E-state index is 0.256. The molecule has 1 aliphatic rings. The zero-order chi connectivity index (χ0) is 13.1. The molecule has 19 heavy (non-hydrogen) atoms. The Kier molecular flexibility index (Phi) is 3.87. The van der Waals surface area contributed by atoms with Crippen LogP contribution in [0.3, 0.4) is 0 Å². The molecule has 1 saturated heterocycles. The molecular weight excluding hydrogens is 258 g/mol. The summed E-state index contributed by atoms with van der Waals surface area (Å²) in [5.41, 5.74) is 0.930. The molecule has 1 fully saturated rings. The van der Waals surface area contributed by atoms with E-state index in [0.717, 1.165) is 30.2 Å². The number of thiazole rings is 1. The predicted molar refractivity (Wildman–Crippen MR) is 75.9 cm³/mol. The zero-order valence-corrected chi connectivity index (χ0v) is 11.5. The molecule has 3 rings (SSSR count). The first kappa shape index (κ1) is 12.7. The summed E-state index contributed by atoms with van der Waals surface area (Å²) in [7, 11) is 0. The predicted octanol–water partition coefficient (Wildman–Crippen LogP) is 2.16.